The van der Waals surface area contributed by atoms with Crippen LogP contribution in [0.3, 0.4) is 0 Å². The lowest BCUT2D eigenvalue weighted by atomic mass is 9.70. The molecule has 2 rings (SSSR count). The Labute approximate surface area is 123 Å². The Bertz CT molecular complexity index is 518. The minimum absolute atomic E-state index is 0.00282. The Morgan fingerprint density at radius 3 is 2.63 bits per heavy atom. The molecule has 0 aromatic rings. The number of carbonyl (C=O) groups is 1. The van der Waals surface area contributed by atoms with Gasteiger partial charge in [-0.2, -0.15) is 0 Å². The van der Waals surface area contributed by atoms with Crippen molar-refractivity contribution in [3.63, 3.8) is 0 Å². The third-order valence-corrected chi connectivity index (χ3v) is 7.76. The average Bonchev–Trinajstić information content (AvgIpc) is 2.63. The largest absolute Gasteiger partial charge is 0.298 e. The number of carbonyl (C=O) groups excluding carboxylic acids is 1. The van der Waals surface area contributed by atoms with Crippen molar-refractivity contribution in [3.05, 3.63) is 12.7 Å². The standard InChI is InChI=1S/C13H20BrNO3S/c1-4-7-15-19(17,18)8-13(3)9-5-6-12(13,2)11(16)10(9)14/h4,9-10,15H,1,5-8H2,2-3H3/t9-,10+,12-,13+/m0/s1. The average molecular weight is 350 g/mol. The molecule has 0 heterocycles. The number of Topliss-reactive ketones (excluding diaryl/α,β-unsaturated/α-hetero) is 1. The number of hydrogen-bond donors (Lipinski definition) is 1. The molecule has 1 N–H and O–H groups in total. The summed E-state index contributed by atoms with van der Waals surface area (Å²) in [6.07, 6.45) is 3.21. The number of ketones is 1. The van der Waals surface area contributed by atoms with E-state index in [0.717, 1.165) is 12.8 Å². The summed E-state index contributed by atoms with van der Waals surface area (Å²) in [5.74, 6) is 0.263. The van der Waals surface area contributed by atoms with Gasteiger partial charge in [0.15, 0.2) is 5.78 Å². The molecule has 0 saturated heterocycles. The molecule has 6 heteroatoms. The zero-order valence-corrected chi connectivity index (χ0v) is 13.7. The van der Waals surface area contributed by atoms with Gasteiger partial charge in [0.2, 0.25) is 10.0 Å². The van der Waals surface area contributed by atoms with Crippen molar-refractivity contribution in [1.29, 1.82) is 0 Å². The van der Waals surface area contributed by atoms with Crippen LogP contribution in [0.25, 0.3) is 0 Å². The summed E-state index contributed by atoms with van der Waals surface area (Å²) in [4.78, 5) is 12.1. The topological polar surface area (TPSA) is 63.2 Å². The summed E-state index contributed by atoms with van der Waals surface area (Å²) >= 11 is 3.45. The summed E-state index contributed by atoms with van der Waals surface area (Å²) in [6, 6.07) is 0. The van der Waals surface area contributed by atoms with Crippen LogP contribution in [0.2, 0.25) is 0 Å². The Morgan fingerprint density at radius 2 is 2.16 bits per heavy atom. The number of halogens is 1. The quantitative estimate of drug-likeness (QED) is 0.608. The van der Waals surface area contributed by atoms with E-state index in [1.807, 2.05) is 13.8 Å². The molecule has 0 aromatic carbocycles. The maximum absolute atomic E-state index is 12.3. The van der Waals surface area contributed by atoms with Crippen LogP contribution < -0.4 is 4.72 Å². The molecule has 0 radical (unpaired) electrons. The molecule has 19 heavy (non-hydrogen) atoms. The Kier molecular flexibility index (Phi) is 3.73. The predicted molar refractivity (Wildman–Crippen MR) is 78.6 cm³/mol. The van der Waals surface area contributed by atoms with Crippen LogP contribution in [0.1, 0.15) is 26.7 Å². The fourth-order valence-corrected chi connectivity index (χ4v) is 6.87. The number of sulfonamides is 1. The molecular formula is C13H20BrNO3S. The predicted octanol–water partition coefficient (Wildman–Crippen LogP) is 1.86. The first-order chi connectivity index (χ1) is 8.68. The molecule has 0 amide bonds. The van der Waals surface area contributed by atoms with E-state index < -0.39 is 20.9 Å². The van der Waals surface area contributed by atoms with Gasteiger partial charge >= 0.3 is 0 Å². The second kappa shape index (κ2) is 4.67. The lowest BCUT2D eigenvalue weighted by Gasteiger charge is -2.36. The van der Waals surface area contributed by atoms with E-state index in [1.165, 1.54) is 6.08 Å². The number of alkyl halides is 1. The van der Waals surface area contributed by atoms with Gasteiger partial charge in [-0.05, 0) is 24.2 Å². The van der Waals surface area contributed by atoms with Crippen LogP contribution in [0.5, 0.6) is 0 Å². The first-order valence-corrected chi connectivity index (χ1v) is 9.01. The summed E-state index contributed by atoms with van der Waals surface area (Å²) in [7, 11) is -3.39. The third kappa shape index (κ3) is 2.12. The SMILES string of the molecule is C=CCNS(=O)(=O)C[C@]1(C)[C@H]2CC[C@@]1(C)C(=O)[C@@H]2Br. The van der Waals surface area contributed by atoms with Crippen LogP contribution in [0, 0.1) is 16.7 Å². The van der Waals surface area contributed by atoms with E-state index >= 15 is 0 Å². The van der Waals surface area contributed by atoms with Gasteiger partial charge in [-0.15, -0.1) is 6.58 Å². The summed E-state index contributed by atoms with van der Waals surface area (Å²) < 4.78 is 26.8. The molecule has 4 atom stereocenters. The number of fused-ring (bicyclic) bond motifs is 2. The molecule has 0 unspecified atom stereocenters. The van der Waals surface area contributed by atoms with Gasteiger partial charge in [-0.1, -0.05) is 35.9 Å². The second-order valence-electron chi connectivity index (χ2n) is 6.06. The van der Waals surface area contributed by atoms with Crippen LogP contribution >= 0.6 is 15.9 Å². The first kappa shape index (κ1) is 15.2. The van der Waals surface area contributed by atoms with Gasteiger partial charge in [0.25, 0.3) is 0 Å². The smallest absolute Gasteiger partial charge is 0.212 e. The lowest BCUT2D eigenvalue weighted by molar-refractivity contribution is -0.127. The van der Waals surface area contributed by atoms with Crippen molar-refractivity contribution >= 4 is 31.7 Å². The van der Waals surface area contributed by atoms with Crippen molar-refractivity contribution in [2.45, 2.75) is 31.5 Å². The highest BCUT2D eigenvalue weighted by Crippen LogP contribution is 2.65. The Morgan fingerprint density at radius 1 is 1.53 bits per heavy atom. The van der Waals surface area contributed by atoms with Crippen LogP contribution in [-0.2, 0) is 14.8 Å². The van der Waals surface area contributed by atoms with Crippen molar-refractivity contribution in [1.82, 2.24) is 4.72 Å². The van der Waals surface area contributed by atoms with Crippen molar-refractivity contribution in [2.24, 2.45) is 16.7 Å². The highest BCUT2D eigenvalue weighted by molar-refractivity contribution is 9.10. The van der Waals surface area contributed by atoms with E-state index in [2.05, 4.69) is 27.2 Å². The van der Waals surface area contributed by atoms with Gasteiger partial charge in [-0.3, -0.25) is 4.79 Å². The molecule has 108 valence electrons. The van der Waals surface area contributed by atoms with Gasteiger partial charge in [0.1, 0.15) is 0 Å². The van der Waals surface area contributed by atoms with Crippen molar-refractivity contribution in [2.75, 3.05) is 12.3 Å². The molecule has 0 aromatic heterocycles. The fourth-order valence-electron chi connectivity index (χ4n) is 3.72. The van der Waals surface area contributed by atoms with Crippen molar-refractivity contribution in [3.8, 4) is 0 Å². The maximum atomic E-state index is 12.3. The van der Waals surface area contributed by atoms with Gasteiger partial charge in [-0.25, -0.2) is 13.1 Å². The van der Waals surface area contributed by atoms with E-state index in [-0.39, 0.29) is 28.8 Å². The highest BCUT2D eigenvalue weighted by Gasteiger charge is 2.68. The third-order valence-electron chi connectivity index (χ3n) is 5.12. The Balaban J connectivity index is 2.29. The Hall–Kier alpha value is -0.200. The van der Waals surface area contributed by atoms with Crippen molar-refractivity contribution < 1.29 is 13.2 Å². The zero-order chi connectivity index (χ0) is 14.5. The van der Waals surface area contributed by atoms with E-state index in [4.69, 9.17) is 0 Å². The lowest BCUT2D eigenvalue weighted by Crippen LogP contribution is -2.43. The second-order valence-corrected chi connectivity index (χ2v) is 8.85. The number of rotatable bonds is 5. The van der Waals surface area contributed by atoms with Crippen LogP contribution in [0.15, 0.2) is 12.7 Å². The minimum Gasteiger partial charge on any atom is -0.298 e. The molecular weight excluding hydrogens is 330 g/mol. The molecule has 2 aliphatic carbocycles. The van der Waals surface area contributed by atoms with Crippen LogP contribution in [0.4, 0.5) is 0 Å². The molecule has 2 saturated carbocycles. The van der Waals surface area contributed by atoms with E-state index in [0.29, 0.717) is 0 Å². The summed E-state index contributed by atoms with van der Waals surface area (Å²) in [6.45, 7) is 7.59. The number of nitrogens with one attached hydrogen (secondary N) is 1. The molecule has 0 spiro atoms. The fraction of sp³-hybridized carbons (Fsp3) is 0.769. The molecule has 0 aliphatic heterocycles. The van der Waals surface area contributed by atoms with E-state index in [9.17, 15) is 13.2 Å². The summed E-state index contributed by atoms with van der Waals surface area (Å²) in [5.41, 5.74) is -1.03. The monoisotopic (exact) mass is 349 g/mol. The molecule has 2 bridgehead atoms. The van der Waals surface area contributed by atoms with Gasteiger partial charge in [0, 0.05) is 12.0 Å². The molecule has 2 aliphatic rings. The molecule has 4 nitrogen and oxygen atoms in total. The van der Waals surface area contributed by atoms with E-state index in [1.54, 1.807) is 0 Å². The number of hydrogen-bond acceptors (Lipinski definition) is 3. The first-order valence-electron chi connectivity index (χ1n) is 6.44. The molecule has 2 fully saturated rings. The maximum Gasteiger partial charge on any atom is 0.212 e. The van der Waals surface area contributed by atoms with Gasteiger partial charge < -0.3 is 0 Å². The minimum atomic E-state index is -3.39. The highest BCUT2D eigenvalue weighted by atomic mass is 79.9. The zero-order valence-electron chi connectivity index (χ0n) is 11.3. The van der Waals surface area contributed by atoms with Crippen LogP contribution in [-0.4, -0.2) is 31.3 Å². The van der Waals surface area contributed by atoms with Gasteiger partial charge in [0.05, 0.1) is 10.6 Å². The summed E-state index contributed by atoms with van der Waals surface area (Å²) in [5, 5.41) is 0. The normalized spacial score (nSPS) is 41.7.